The van der Waals surface area contributed by atoms with Crippen molar-refractivity contribution in [2.45, 2.75) is 45.4 Å². The van der Waals surface area contributed by atoms with Crippen LogP contribution < -0.4 is 0 Å². The van der Waals surface area contributed by atoms with E-state index in [4.69, 9.17) is 4.55 Å². The summed E-state index contributed by atoms with van der Waals surface area (Å²) < 4.78 is 33.1. The fourth-order valence-corrected chi connectivity index (χ4v) is 2.68. The molecule has 1 aliphatic rings. The molecule has 1 fully saturated rings. The van der Waals surface area contributed by atoms with Gasteiger partial charge in [0.25, 0.3) is 0 Å². The van der Waals surface area contributed by atoms with Gasteiger partial charge in [-0.2, -0.15) is 8.42 Å². The third-order valence-electron chi connectivity index (χ3n) is 3.22. The maximum atomic E-state index is 10.3. The number of rotatable bonds is 6. The van der Waals surface area contributed by atoms with E-state index in [9.17, 15) is 8.42 Å². The lowest BCUT2D eigenvalue weighted by atomic mass is 9.99. The highest BCUT2D eigenvalue weighted by Crippen LogP contribution is 2.35. The van der Waals surface area contributed by atoms with Crippen molar-refractivity contribution in [3.05, 3.63) is 0 Å². The van der Waals surface area contributed by atoms with Crippen LogP contribution in [0.3, 0.4) is 0 Å². The molecule has 0 heterocycles. The van der Waals surface area contributed by atoms with E-state index in [0.29, 0.717) is 6.42 Å². The number of hydrogen-bond donors (Lipinski definition) is 1. The maximum absolute atomic E-state index is 10.3. The summed E-state index contributed by atoms with van der Waals surface area (Å²) >= 11 is 0. The molecule has 0 radical (unpaired) electrons. The van der Waals surface area contributed by atoms with E-state index in [0.717, 1.165) is 18.3 Å². The molecule has 0 aromatic carbocycles. The zero-order chi connectivity index (χ0) is 11.3. The molecule has 0 aromatic rings. The van der Waals surface area contributed by atoms with Crippen LogP contribution in [0.25, 0.3) is 0 Å². The summed E-state index contributed by atoms with van der Waals surface area (Å²) in [6.07, 6.45) is 6.79. The Labute approximate surface area is 92.0 Å². The van der Waals surface area contributed by atoms with Crippen LogP contribution in [0.2, 0.25) is 0 Å². The van der Waals surface area contributed by atoms with Crippen LogP contribution in [0.4, 0.5) is 0 Å². The van der Waals surface area contributed by atoms with Crippen LogP contribution in [0, 0.1) is 11.8 Å². The van der Waals surface area contributed by atoms with Gasteiger partial charge in [0.1, 0.15) is 0 Å². The molecule has 0 aliphatic heterocycles. The van der Waals surface area contributed by atoms with Crippen molar-refractivity contribution in [1.82, 2.24) is 0 Å². The van der Waals surface area contributed by atoms with Gasteiger partial charge >= 0.3 is 10.4 Å². The molecule has 1 rings (SSSR count). The molecule has 15 heavy (non-hydrogen) atoms. The topological polar surface area (TPSA) is 63.6 Å². The molecular weight excluding hydrogens is 216 g/mol. The standard InChI is InChI=1S/C10H20O4S/c1-2-9-5-6-10(8-9)4-3-7-14-15(11,12)13/h9-10H,2-8H2,1H3,(H,11,12,13). The summed E-state index contributed by atoms with van der Waals surface area (Å²) in [7, 11) is -4.24. The first-order chi connectivity index (χ1) is 7.01. The SMILES string of the molecule is CCC1CCC(CCCOS(=O)(=O)O)C1. The fraction of sp³-hybridized carbons (Fsp3) is 1.00. The van der Waals surface area contributed by atoms with Crippen molar-refractivity contribution in [1.29, 1.82) is 0 Å². The van der Waals surface area contributed by atoms with Crippen molar-refractivity contribution in [3.8, 4) is 0 Å². The van der Waals surface area contributed by atoms with Gasteiger partial charge in [-0.3, -0.25) is 4.55 Å². The molecule has 0 saturated heterocycles. The molecule has 4 nitrogen and oxygen atoms in total. The molecule has 0 amide bonds. The molecule has 0 bridgehead atoms. The molecule has 1 aliphatic carbocycles. The largest absolute Gasteiger partial charge is 0.397 e. The van der Waals surface area contributed by atoms with E-state index in [1.54, 1.807) is 0 Å². The van der Waals surface area contributed by atoms with Crippen LogP contribution in [-0.2, 0) is 14.6 Å². The van der Waals surface area contributed by atoms with Gasteiger partial charge in [-0.25, -0.2) is 4.18 Å². The monoisotopic (exact) mass is 236 g/mol. The lowest BCUT2D eigenvalue weighted by Crippen LogP contribution is -2.06. The summed E-state index contributed by atoms with van der Waals surface area (Å²) in [4.78, 5) is 0. The molecule has 5 heteroatoms. The predicted molar refractivity (Wildman–Crippen MR) is 57.9 cm³/mol. The van der Waals surface area contributed by atoms with Gasteiger partial charge in [0.15, 0.2) is 0 Å². The van der Waals surface area contributed by atoms with Crippen LogP contribution in [-0.4, -0.2) is 19.6 Å². The van der Waals surface area contributed by atoms with Crippen molar-refractivity contribution in [3.63, 3.8) is 0 Å². The van der Waals surface area contributed by atoms with Crippen molar-refractivity contribution >= 4 is 10.4 Å². The van der Waals surface area contributed by atoms with Gasteiger partial charge in [-0.05, 0) is 31.1 Å². The maximum Gasteiger partial charge on any atom is 0.397 e. The molecule has 2 atom stereocenters. The average Bonchev–Trinajstić information content (AvgIpc) is 2.59. The van der Waals surface area contributed by atoms with Crippen LogP contribution in [0.15, 0.2) is 0 Å². The molecule has 1 saturated carbocycles. The highest BCUT2D eigenvalue weighted by molar-refractivity contribution is 7.80. The van der Waals surface area contributed by atoms with E-state index in [1.165, 1.54) is 25.7 Å². The Balaban J connectivity index is 2.07. The second kappa shape index (κ2) is 5.82. The molecular formula is C10H20O4S. The van der Waals surface area contributed by atoms with Gasteiger partial charge in [0.2, 0.25) is 0 Å². The van der Waals surface area contributed by atoms with E-state index in [-0.39, 0.29) is 6.61 Å². The van der Waals surface area contributed by atoms with Gasteiger partial charge in [-0.1, -0.05) is 26.2 Å². The average molecular weight is 236 g/mol. The lowest BCUT2D eigenvalue weighted by Gasteiger charge is -2.09. The minimum Gasteiger partial charge on any atom is -0.264 e. The van der Waals surface area contributed by atoms with Gasteiger partial charge < -0.3 is 0 Å². The lowest BCUT2D eigenvalue weighted by molar-refractivity contribution is 0.254. The summed E-state index contributed by atoms with van der Waals surface area (Å²) in [5.41, 5.74) is 0. The second-order valence-corrected chi connectivity index (χ2v) is 5.44. The van der Waals surface area contributed by atoms with Gasteiger partial charge in [-0.15, -0.1) is 0 Å². The Morgan fingerprint density at radius 1 is 1.33 bits per heavy atom. The summed E-state index contributed by atoms with van der Waals surface area (Å²) in [6, 6.07) is 0. The van der Waals surface area contributed by atoms with E-state index in [2.05, 4.69) is 11.1 Å². The zero-order valence-electron chi connectivity index (χ0n) is 9.18. The van der Waals surface area contributed by atoms with E-state index >= 15 is 0 Å². The minimum absolute atomic E-state index is 0.103. The smallest absolute Gasteiger partial charge is 0.264 e. The molecule has 0 aromatic heterocycles. The first-order valence-corrected chi connectivity index (χ1v) is 6.99. The Morgan fingerprint density at radius 2 is 2.00 bits per heavy atom. The van der Waals surface area contributed by atoms with E-state index in [1.807, 2.05) is 0 Å². The van der Waals surface area contributed by atoms with Crippen molar-refractivity contribution in [2.24, 2.45) is 11.8 Å². The third-order valence-corrected chi connectivity index (χ3v) is 3.68. The first-order valence-electron chi connectivity index (χ1n) is 5.63. The molecule has 90 valence electrons. The van der Waals surface area contributed by atoms with Crippen LogP contribution in [0.5, 0.6) is 0 Å². The van der Waals surface area contributed by atoms with Crippen LogP contribution >= 0.6 is 0 Å². The summed E-state index contributed by atoms with van der Waals surface area (Å²) in [6.45, 7) is 2.32. The van der Waals surface area contributed by atoms with E-state index < -0.39 is 10.4 Å². The quantitative estimate of drug-likeness (QED) is 0.568. The highest BCUT2D eigenvalue weighted by atomic mass is 32.3. The fourth-order valence-electron chi connectivity index (χ4n) is 2.35. The zero-order valence-corrected chi connectivity index (χ0v) is 10.0. The normalized spacial score (nSPS) is 27.1. The van der Waals surface area contributed by atoms with Crippen molar-refractivity contribution < 1.29 is 17.2 Å². The predicted octanol–water partition coefficient (Wildman–Crippen LogP) is 2.41. The molecule has 0 spiro atoms. The van der Waals surface area contributed by atoms with Gasteiger partial charge in [0.05, 0.1) is 6.61 Å². The highest BCUT2D eigenvalue weighted by Gasteiger charge is 2.22. The first kappa shape index (κ1) is 12.9. The second-order valence-electron chi connectivity index (χ2n) is 4.35. The van der Waals surface area contributed by atoms with Gasteiger partial charge in [0, 0.05) is 0 Å². The Kier molecular flexibility index (Phi) is 5.02. The summed E-state index contributed by atoms with van der Waals surface area (Å²) in [5, 5.41) is 0. The number of hydrogen-bond acceptors (Lipinski definition) is 3. The third kappa shape index (κ3) is 5.49. The van der Waals surface area contributed by atoms with Crippen molar-refractivity contribution in [2.75, 3.05) is 6.61 Å². The minimum atomic E-state index is -4.24. The summed E-state index contributed by atoms with van der Waals surface area (Å²) in [5.74, 6) is 1.58. The Bertz CT molecular complexity index is 273. The van der Waals surface area contributed by atoms with Crippen LogP contribution in [0.1, 0.15) is 45.4 Å². The molecule has 2 unspecified atom stereocenters. The Hall–Kier alpha value is -0.130. The molecule has 1 N–H and O–H groups in total. The Morgan fingerprint density at radius 3 is 2.53 bits per heavy atom.